The molecule has 0 heterocycles. The first-order valence-corrected chi connectivity index (χ1v) is 9.04. The fourth-order valence-electron chi connectivity index (χ4n) is 2.70. The van der Waals surface area contributed by atoms with Gasteiger partial charge in [-0.1, -0.05) is 83.4 Å². The molecule has 0 aliphatic rings. The van der Waals surface area contributed by atoms with Gasteiger partial charge in [0.2, 0.25) is 0 Å². The predicted octanol–water partition coefficient (Wildman–Crippen LogP) is 6.15. The van der Waals surface area contributed by atoms with Gasteiger partial charge in [-0.05, 0) is 25.0 Å². The predicted molar refractivity (Wildman–Crippen MR) is 93.1 cm³/mol. The normalized spacial score (nSPS) is 12.1. The Morgan fingerprint density at radius 3 is 2.09 bits per heavy atom. The Labute approximate surface area is 136 Å². The maximum Gasteiger partial charge on any atom is 0.314 e. The second-order valence-electron chi connectivity index (χ2n) is 6.10. The lowest BCUT2D eigenvalue weighted by molar-refractivity contribution is -0.139. The van der Waals surface area contributed by atoms with Crippen molar-refractivity contribution in [2.45, 2.75) is 78.1 Å². The van der Waals surface area contributed by atoms with Crippen LogP contribution in [-0.2, 0) is 4.79 Å². The van der Waals surface area contributed by atoms with Gasteiger partial charge in [0.05, 0.1) is 5.92 Å². The molecule has 22 heavy (non-hydrogen) atoms. The molecule has 0 N–H and O–H groups in total. The van der Waals surface area contributed by atoms with Gasteiger partial charge >= 0.3 is 5.97 Å². The van der Waals surface area contributed by atoms with Crippen LogP contribution in [0.2, 0.25) is 0 Å². The summed E-state index contributed by atoms with van der Waals surface area (Å²) in [5.41, 5.74) is 0. The van der Waals surface area contributed by atoms with Crippen molar-refractivity contribution in [3.63, 3.8) is 0 Å². The van der Waals surface area contributed by atoms with E-state index >= 15 is 0 Å². The number of unbranched alkanes of at least 4 members (excludes halogenated alkanes) is 7. The van der Waals surface area contributed by atoms with Crippen LogP contribution in [0.25, 0.3) is 0 Å². The molecule has 0 fully saturated rings. The number of rotatable bonds is 12. The van der Waals surface area contributed by atoms with Gasteiger partial charge in [0.15, 0.2) is 0 Å². The molecule has 0 aromatic heterocycles. The Kier molecular flexibility index (Phi) is 10.4. The highest BCUT2D eigenvalue weighted by molar-refractivity contribution is 5.74. The number of para-hydroxylation sites is 1. The summed E-state index contributed by atoms with van der Waals surface area (Å²) in [7, 11) is 0. The number of hydrogen-bond acceptors (Lipinski definition) is 2. The third-order valence-corrected chi connectivity index (χ3v) is 4.19. The lowest BCUT2D eigenvalue weighted by Gasteiger charge is -2.13. The molecule has 0 saturated carbocycles. The van der Waals surface area contributed by atoms with Crippen molar-refractivity contribution in [2.75, 3.05) is 0 Å². The third-order valence-electron chi connectivity index (χ3n) is 4.19. The van der Waals surface area contributed by atoms with Crippen molar-refractivity contribution < 1.29 is 9.53 Å². The van der Waals surface area contributed by atoms with E-state index in [1.54, 1.807) is 0 Å². The minimum atomic E-state index is -0.0726. The zero-order chi connectivity index (χ0) is 16.0. The molecule has 124 valence electrons. The van der Waals surface area contributed by atoms with E-state index in [4.69, 9.17) is 4.74 Å². The molecule has 0 aliphatic heterocycles. The average Bonchev–Trinajstić information content (AvgIpc) is 2.54. The molecule has 0 bridgehead atoms. The molecule has 2 nitrogen and oxygen atoms in total. The number of ether oxygens (including phenoxy) is 1. The summed E-state index contributed by atoms with van der Waals surface area (Å²) in [5, 5.41) is 0. The molecular formula is C20H32O2. The van der Waals surface area contributed by atoms with Gasteiger partial charge in [0.25, 0.3) is 0 Å². The standard InChI is InChI=1S/C20H32O2/c1-3-5-6-7-8-9-10-12-15-18(4-2)20(21)22-19-16-13-11-14-17-19/h11,13-14,16-18H,3-10,12,15H2,1-2H3. The van der Waals surface area contributed by atoms with Crippen LogP contribution in [0.5, 0.6) is 5.75 Å². The molecule has 1 atom stereocenters. The topological polar surface area (TPSA) is 26.3 Å². The van der Waals surface area contributed by atoms with Gasteiger partial charge in [0, 0.05) is 0 Å². The Hall–Kier alpha value is -1.31. The highest BCUT2D eigenvalue weighted by Gasteiger charge is 2.18. The number of carbonyl (C=O) groups excluding carboxylic acids is 1. The van der Waals surface area contributed by atoms with Gasteiger partial charge in [-0.25, -0.2) is 0 Å². The van der Waals surface area contributed by atoms with E-state index < -0.39 is 0 Å². The van der Waals surface area contributed by atoms with Crippen molar-refractivity contribution >= 4 is 5.97 Å². The van der Waals surface area contributed by atoms with Crippen molar-refractivity contribution in [1.82, 2.24) is 0 Å². The third kappa shape index (κ3) is 8.21. The second-order valence-corrected chi connectivity index (χ2v) is 6.10. The minimum absolute atomic E-state index is 0.0419. The summed E-state index contributed by atoms with van der Waals surface area (Å²) in [6.07, 6.45) is 12.2. The van der Waals surface area contributed by atoms with Crippen LogP contribution in [0.4, 0.5) is 0 Å². The fraction of sp³-hybridized carbons (Fsp3) is 0.650. The van der Waals surface area contributed by atoms with E-state index in [2.05, 4.69) is 13.8 Å². The zero-order valence-electron chi connectivity index (χ0n) is 14.4. The minimum Gasteiger partial charge on any atom is -0.426 e. The Balaban J connectivity index is 2.15. The molecule has 0 aliphatic carbocycles. The van der Waals surface area contributed by atoms with Crippen LogP contribution in [0, 0.1) is 5.92 Å². The van der Waals surface area contributed by atoms with Crippen LogP contribution in [0.3, 0.4) is 0 Å². The SMILES string of the molecule is CCCCCCCCCCC(CC)C(=O)Oc1ccccc1. The van der Waals surface area contributed by atoms with E-state index in [0.29, 0.717) is 5.75 Å². The molecule has 1 rings (SSSR count). The van der Waals surface area contributed by atoms with E-state index in [9.17, 15) is 4.79 Å². The average molecular weight is 304 g/mol. The molecule has 1 aromatic rings. The highest BCUT2D eigenvalue weighted by atomic mass is 16.5. The van der Waals surface area contributed by atoms with Gasteiger partial charge in [-0.3, -0.25) is 4.79 Å². The summed E-state index contributed by atoms with van der Waals surface area (Å²) in [6.45, 7) is 4.32. The number of hydrogen-bond donors (Lipinski definition) is 0. The van der Waals surface area contributed by atoms with Crippen molar-refractivity contribution in [2.24, 2.45) is 5.92 Å². The number of esters is 1. The summed E-state index contributed by atoms with van der Waals surface area (Å²) in [4.78, 5) is 12.2. The lowest BCUT2D eigenvalue weighted by Crippen LogP contribution is -2.20. The van der Waals surface area contributed by atoms with Crippen LogP contribution in [0.15, 0.2) is 30.3 Å². The number of carbonyl (C=O) groups is 1. The van der Waals surface area contributed by atoms with Gasteiger partial charge in [-0.2, -0.15) is 0 Å². The zero-order valence-corrected chi connectivity index (χ0v) is 14.4. The summed E-state index contributed by atoms with van der Waals surface area (Å²) in [5.74, 6) is 0.624. The van der Waals surface area contributed by atoms with Crippen molar-refractivity contribution in [3.05, 3.63) is 30.3 Å². The molecule has 1 unspecified atom stereocenters. The molecule has 0 spiro atoms. The summed E-state index contributed by atoms with van der Waals surface area (Å²) >= 11 is 0. The van der Waals surface area contributed by atoms with Crippen LogP contribution < -0.4 is 4.74 Å². The monoisotopic (exact) mass is 304 g/mol. The summed E-state index contributed by atoms with van der Waals surface area (Å²) in [6, 6.07) is 9.38. The van der Waals surface area contributed by atoms with Crippen LogP contribution >= 0.6 is 0 Å². The molecular weight excluding hydrogens is 272 g/mol. The van der Waals surface area contributed by atoms with E-state index in [0.717, 1.165) is 19.3 Å². The first kappa shape index (κ1) is 18.7. The maximum absolute atomic E-state index is 12.2. The quantitative estimate of drug-likeness (QED) is 0.263. The maximum atomic E-state index is 12.2. The van der Waals surface area contributed by atoms with Crippen LogP contribution in [0.1, 0.15) is 78.1 Å². The Morgan fingerprint density at radius 2 is 1.50 bits per heavy atom. The molecule has 2 heteroatoms. The lowest BCUT2D eigenvalue weighted by atomic mass is 9.98. The van der Waals surface area contributed by atoms with Crippen molar-refractivity contribution in [3.8, 4) is 5.75 Å². The molecule has 0 amide bonds. The smallest absolute Gasteiger partial charge is 0.314 e. The van der Waals surface area contributed by atoms with Crippen LogP contribution in [-0.4, -0.2) is 5.97 Å². The van der Waals surface area contributed by atoms with Gasteiger partial charge < -0.3 is 4.74 Å². The first-order valence-electron chi connectivity index (χ1n) is 9.04. The summed E-state index contributed by atoms with van der Waals surface area (Å²) < 4.78 is 5.45. The Morgan fingerprint density at radius 1 is 0.909 bits per heavy atom. The van der Waals surface area contributed by atoms with E-state index in [1.165, 1.54) is 44.9 Å². The molecule has 1 aromatic carbocycles. The highest BCUT2D eigenvalue weighted by Crippen LogP contribution is 2.19. The van der Waals surface area contributed by atoms with E-state index in [-0.39, 0.29) is 11.9 Å². The van der Waals surface area contributed by atoms with Crippen molar-refractivity contribution in [1.29, 1.82) is 0 Å². The fourth-order valence-corrected chi connectivity index (χ4v) is 2.70. The first-order chi connectivity index (χ1) is 10.8. The largest absolute Gasteiger partial charge is 0.426 e. The van der Waals surface area contributed by atoms with Gasteiger partial charge in [-0.15, -0.1) is 0 Å². The molecule has 0 saturated heterocycles. The molecule has 0 radical (unpaired) electrons. The number of benzene rings is 1. The van der Waals surface area contributed by atoms with Gasteiger partial charge in [0.1, 0.15) is 5.75 Å². The Bertz CT molecular complexity index is 386. The van der Waals surface area contributed by atoms with E-state index in [1.807, 2.05) is 30.3 Å². The second kappa shape index (κ2) is 12.3.